The van der Waals surface area contributed by atoms with E-state index in [0.29, 0.717) is 11.4 Å². The predicted octanol–water partition coefficient (Wildman–Crippen LogP) is 1.70. The lowest BCUT2D eigenvalue weighted by molar-refractivity contribution is -0.118. The summed E-state index contributed by atoms with van der Waals surface area (Å²) in [4.78, 5) is 13.7. The molecule has 118 valence electrons. The summed E-state index contributed by atoms with van der Waals surface area (Å²) in [5.41, 5.74) is 0.707. The maximum atomic E-state index is 12.3. The highest BCUT2D eigenvalue weighted by Crippen LogP contribution is 2.14. The minimum atomic E-state index is -3.53. The van der Waals surface area contributed by atoms with Crippen LogP contribution in [0.2, 0.25) is 0 Å². The Morgan fingerprint density at radius 2 is 1.82 bits per heavy atom. The van der Waals surface area contributed by atoms with Crippen LogP contribution in [-0.4, -0.2) is 38.5 Å². The van der Waals surface area contributed by atoms with Crippen LogP contribution < -0.4 is 4.90 Å². The molecule has 22 heavy (non-hydrogen) atoms. The van der Waals surface area contributed by atoms with Gasteiger partial charge in [0.05, 0.1) is 25.6 Å². The van der Waals surface area contributed by atoms with E-state index in [-0.39, 0.29) is 19.0 Å². The van der Waals surface area contributed by atoms with E-state index in [2.05, 4.69) is 0 Å². The van der Waals surface area contributed by atoms with Crippen molar-refractivity contribution in [2.24, 2.45) is 0 Å². The van der Waals surface area contributed by atoms with Crippen LogP contribution in [-0.2, 0) is 21.4 Å². The lowest BCUT2D eigenvalue weighted by Gasteiger charge is -2.23. The van der Waals surface area contributed by atoms with Crippen molar-refractivity contribution in [2.75, 3.05) is 24.7 Å². The average molecular weight is 322 g/mol. The summed E-state index contributed by atoms with van der Waals surface area (Å²) in [6.07, 6.45) is 2.54. The van der Waals surface area contributed by atoms with Crippen LogP contribution in [0, 0.1) is 0 Å². The van der Waals surface area contributed by atoms with Crippen molar-refractivity contribution >= 4 is 21.6 Å². The molecule has 0 aliphatic heterocycles. The first-order valence-electron chi connectivity index (χ1n) is 6.67. The molecule has 2 rings (SSSR count). The second-order valence-electron chi connectivity index (χ2n) is 4.90. The van der Waals surface area contributed by atoms with E-state index >= 15 is 0 Å². The predicted molar refractivity (Wildman–Crippen MR) is 83.8 cm³/mol. The van der Waals surface area contributed by atoms with Gasteiger partial charge < -0.3 is 9.32 Å². The molecule has 0 saturated heterocycles. The van der Waals surface area contributed by atoms with Crippen LogP contribution in [0.5, 0.6) is 0 Å². The molecule has 0 spiro atoms. The number of anilines is 1. The largest absolute Gasteiger partial charge is 0.468 e. The summed E-state index contributed by atoms with van der Waals surface area (Å²) in [6, 6.07) is 12.4. The summed E-state index contributed by atoms with van der Waals surface area (Å²) in [6.45, 7) is -0.217. The number of benzene rings is 1. The topological polar surface area (TPSA) is 70.8 Å². The number of nitrogens with zero attached hydrogens (tertiary/aromatic N) is 2. The monoisotopic (exact) mass is 322 g/mol. The Balaban J connectivity index is 2.11. The number of sulfonamides is 1. The number of para-hydroxylation sites is 1. The molecule has 0 unspecified atom stereocenters. The van der Waals surface area contributed by atoms with Crippen molar-refractivity contribution in [3.8, 4) is 0 Å². The molecule has 1 aromatic heterocycles. The Morgan fingerprint density at radius 1 is 1.14 bits per heavy atom. The number of carbonyl (C=O) groups is 1. The van der Waals surface area contributed by atoms with E-state index in [1.165, 1.54) is 11.2 Å². The van der Waals surface area contributed by atoms with Gasteiger partial charge in [-0.05, 0) is 24.3 Å². The van der Waals surface area contributed by atoms with Gasteiger partial charge in [0.25, 0.3) is 0 Å². The Hall–Kier alpha value is -2.12. The molecule has 7 heteroatoms. The molecule has 0 bridgehead atoms. The molecule has 2 aromatic rings. The van der Waals surface area contributed by atoms with Crippen molar-refractivity contribution in [2.45, 2.75) is 6.54 Å². The van der Waals surface area contributed by atoms with Crippen LogP contribution in [0.25, 0.3) is 0 Å². The van der Waals surface area contributed by atoms with Crippen LogP contribution in [0.15, 0.2) is 53.1 Å². The average Bonchev–Trinajstić information content (AvgIpc) is 2.98. The molecule has 0 radical (unpaired) electrons. The lowest BCUT2D eigenvalue weighted by atomic mass is 10.3. The number of amides is 1. The normalized spacial score (nSPS) is 11.6. The minimum absolute atomic E-state index is 0.0280. The molecule has 0 aliphatic carbocycles. The molecule has 0 fully saturated rings. The van der Waals surface area contributed by atoms with Gasteiger partial charge in [0.1, 0.15) is 5.76 Å². The highest BCUT2D eigenvalue weighted by molar-refractivity contribution is 7.88. The van der Waals surface area contributed by atoms with Crippen LogP contribution in [0.3, 0.4) is 0 Å². The van der Waals surface area contributed by atoms with Gasteiger partial charge in [-0.15, -0.1) is 0 Å². The number of carbonyl (C=O) groups excluding carboxylic acids is 1. The summed E-state index contributed by atoms with van der Waals surface area (Å²) < 4.78 is 30.0. The molecule has 1 aromatic carbocycles. The molecule has 6 nitrogen and oxygen atoms in total. The molecule has 0 saturated carbocycles. The second-order valence-corrected chi connectivity index (χ2v) is 6.88. The van der Waals surface area contributed by atoms with E-state index < -0.39 is 10.0 Å². The SMILES string of the molecule is CN(C(=O)CN(Cc1ccco1)S(C)(=O)=O)c1ccccc1. The van der Waals surface area contributed by atoms with E-state index in [1.807, 2.05) is 18.2 Å². The van der Waals surface area contributed by atoms with Crippen molar-refractivity contribution in [1.82, 2.24) is 4.31 Å². The zero-order valence-electron chi connectivity index (χ0n) is 12.5. The van der Waals surface area contributed by atoms with Crippen molar-refractivity contribution in [3.63, 3.8) is 0 Å². The summed E-state index contributed by atoms with van der Waals surface area (Å²) in [5, 5.41) is 0. The fourth-order valence-corrected chi connectivity index (χ4v) is 2.63. The second kappa shape index (κ2) is 6.76. The third-order valence-electron chi connectivity index (χ3n) is 3.21. The van der Waals surface area contributed by atoms with Gasteiger partial charge in [-0.3, -0.25) is 4.79 Å². The Bertz CT molecular complexity index is 711. The van der Waals surface area contributed by atoms with E-state index in [1.54, 1.807) is 31.3 Å². The first kappa shape index (κ1) is 16.3. The highest BCUT2D eigenvalue weighted by atomic mass is 32.2. The quantitative estimate of drug-likeness (QED) is 0.811. The fourth-order valence-electron chi connectivity index (χ4n) is 1.92. The first-order valence-corrected chi connectivity index (χ1v) is 8.52. The molecule has 0 aliphatic rings. The highest BCUT2D eigenvalue weighted by Gasteiger charge is 2.23. The third-order valence-corrected chi connectivity index (χ3v) is 4.41. The zero-order chi connectivity index (χ0) is 16.2. The fraction of sp³-hybridized carbons (Fsp3) is 0.267. The maximum Gasteiger partial charge on any atom is 0.242 e. The zero-order valence-corrected chi connectivity index (χ0v) is 13.3. The molecular formula is C15H18N2O4S. The minimum Gasteiger partial charge on any atom is -0.468 e. The van der Waals surface area contributed by atoms with E-state index in [0.717, 1.165) is 10.6 Å². The smallest absolute Gasteiger partial charge is 0.242 e. The van der Waals surface area contributed by atoms with Gasteiger partial charge in [-0.25, -0.2) is 8.42 Å². The van der Waals surface area contributed by atoms with Gasteiger partial charge in [0.15, 0.2) is 0 Å². The van der Waals surface area contributed by atoms with E-state index in [9.17, 15) is 13.2 Å². The van der Waals surface area contributed by atoms with Crippen LogP contribution >= 0.6 is 0 Å². The number of furan rings is 1. The Kier molecular flexibility index (Phi) is 4.99. The standard InChI is InChI=1S/C15H18N2O4S/c1-16(13-7-4-3-5-8-13)15(18)12-17(22(2,19)20)11-14-9-6-10-21-14/h3-10H,11-12H2,1-2H3. The molecule has 1 heterocycles. The summed E-state index contributed by atoms with van der Waals surface area (Å²) >= 11 is 0. The third kappa shape index (κ3) is 4.19. The number of rotatable bonds is 6. The Morgan fingerprint density at radius 3 is 2.36 bits per heavy atom. The van der Waals surface area contributed by atoms with E-state index in [4.69, 9.17) is 4.42 Å². The number of hydrogen-bond acceptors (Lipinski definition) is 4. The molecular weight excluding hydrogens is 304 g/mol. The molecule has 1 amide bonds. The molecule has 0 atom stereocenters. The van der Waals surface area contributed by atoms with Gasteiger partial charge in [-0.1, -0.05) is 18.2 Å². The Labute approximate surface area is 130 Å². The number of likely N-dealkylation sites (N-methyl/N-ethyl adjacent to an activating group) is 1. The van der Waals surface area contributed by atoms with Gasteiger partial charge in [0.2, 0.25) is 15.9 Å². The molecule has 0 N–H and O–H groups in total. The lowest BCUT2D eigenvalue weighted by Crippen LogP contribution is -2.40. The maximum absolute atomic E-state index is 12.3. The van der Waals surface area contributed by atoms with Crippen molar-refractivity contribution in [3.05, 3.63) is 54.5 Å². The van der Waals surface area contributed by atoms with Crippen molar-refractivity contribution < 1.29 is 17.6 Å². The number of hydrogen-bond donors (Lipinski definition) is 0. The first-order chi connectivity index (χ1) is 10.4. The summed E-state index contributed by atoms with van der Waals surface area (Å²) in [7, 11) is -1.91. The van der Waals surface area contributed by atoms with Gasteiger partial charge in [-0.2, -0.15) is 4.31 Å². The van der Waals surface area contributed by atoms with Crippen LogP contribution in [0.4, 0.5) is 5.69 Å². The summed E-state index contributed by atoms with van der Waals surface area (Å²) in [5.74, 6) is 0.170. The van der Waals surface area contributed by atoms with Crippen LogP contribution in [0.1, 0.15) is 5.76 Å². The van der Waals surface area contributed by atoms with Crippen molar-refractivity contribution in [1.29, 1.82) is 0 Å². The van der Waals surface area contributed by atoms with Gasteiger partial charge >= 0.3 is 0 Å². The van der Waals surface area contributed by atoms with Gasteiger partial charge in [0, 0.05) is 12.7 Å².